The molecule has 2 rings (SSSR count). The van der Waals surface area contributed by atoms with Crippen LogP contribution in [0, 0.1) is 20.2 Å². The van der Waals surface area contributed by atoms with Gasteiger partial charge in [-0.2, -0.15) is 0 Å². The molecule has 0 aliphatic carbocycles. The van der Waals surface area contributed by atoms with Crippen LogP contribution in [-0.4, -0.2) is 33.7 Å². The van der Waals surface area contributed by atoms with Crippen LogP contribution in [-0.2, 0) is 0 Å². The normalized spacial score (nSPS) is 11.0. The lowest BCUT2D eigenvalue weighted by molar-refractivity contribution is -0.513. The maximum absolute atomic E-state index is 10.9. The Labute approximate surface area is 169 Å². The first-order chi connectivity index (χ1) is 14.0. The van der Waals surface area contributed by atoms with Crippen molar-refractivity contribution >= 4 is 23.2 Å². The fourth-order valence-corrected chi connectivity index (χ4v) is 2.82. The van der Waals surface area contributed by atoms with Gasteiger partial charge in [0.25, 0.3) is 11.4 Å². The van der Waals surface area contributed by atoms with E-state index in [0.717, 1.165) is 36.1 Å². The number of hydrogen-bond donors (Lipinski definition) is 0. The predicted molar refractivity (Wildman–Crippen MR) is 114 cm³/mol. The van der Waals surface area contributed by atoms with Crippen LogP contribution in [0.25, 0.3) is 5.57 Å². The predicted octanol–water partition coefficient (Wildman–Crippen LogP) is 5.00. The lowest BCUT2D eigenvalue weighted by atomic mass is 9.97. The number of benzene rings is 2. The zero-order valence-corrected chi connectivity index (χ0v) is 16.4. The Morgan fingerprint density at radius 2 is 1.41 bits per heavy atom. The van der Waals surface area contributed by atoms with Crippen LogP contribution in [0.3, 0.4) is 0 Å². The minimum atomic E-state index is -0.443. The average molecular weight is 394 g/mol. The van der Waals surface area contributed by atoms with Crippen molar-refractivity contribution in [2.75, 3.05) is 13.1 Å². The van der Waals surface area contributed by atoms with Gasteiger partial charge in [0.15, 0.2) is 12.8 Å². The van der Waals surface area contributed by atoms with Gasteiger partial charge in [0, 0.05) is 36.8 Å². The van der Waals surface area contributed by atoms with Gasteiger partial charge in [0.2, 0.25) is 0 Å². The number of non-ortho nitro benzene ring substituents is 2. The average Bonchev–Trinajstić information content (AvgIpc) is 2.72. The molecule has 0 radical (unpaired) electrons. The van der Waals surface area contributed by atoms with E-state index in [0.29, 0.717) is 6.54 Å². The Balaban J connectivity index is 2.50. The van der Waals surface area contributed by atoms with E-state index in [4.69, 9.17) is 0 Å². The van der Waals surface area contributed by atoms with Crippen molar-refractivity contribution in [3.05, 3.63) is 98.6 Å². The molecule has 0 aromatic heterocycles. The molecule has 0 saturated heterocycles. The number of unbranched alkanes of at least 4 members (excludes halogenated alkanes) is 1. The van der Waals surface area contributed by atoms with E-state index >= 15 is 0 Å². The van der Waals surface area contributed by atoms with E-state index in [2.05, 4.69) is 18.1 Å². The number of nitro groups is 2. The molecular formula is C22H24N3O4+. The molecule has 0 heterocycles. The molecule has 0 fully saturated rings. The van der Waals surface area contributed by atoms with Gasteiger partial charge in [-0.15, -0.1) is 0 Å². The topological polar surface area (TPSA) is 89.3 Å². The summed E-state index contributed by atoms with van der Waals surface area (Å²) in [4.78, 5) is 21.0. The molecule has 0 aliphatic heterocycles. The molecule has 0 atom stereocenters. The second-order valence-electron chi connectivity index (χ2n) is 6.47. The Morgan fingerprint density at radius 3 is 1.79 bits per heavy atom. The van der Waals surface area contributed by atoms with Crippen LogP contribution in [0.1, 0.15) is 30.9 Å². The lowest BCUT2D eigenvalue weighted by Crippen LogP contribution is -2.14. The zero-order valence-electron chi connectivity index (χ0n) is 16.4. The number of hydrogen-bond acceptors (Lipinski definition) is 4. The van der Waals surface area contributed by atoms with E-state index in [-0.39, 0.29) is 11.4 Å². The van der Waals surface area contributed by atoms with E-state index < -0.39 is 9.85 Å². The summed E-state index contributed by atoms with van der Waals surface area (Å²) in [5.74, 6) is 0. The summed E-state index contributed by atoms with van der Waals surface area (Å²) in [5.41, 5.74) is 2.42. The highest BCUT2D eigenvalue weighted by molar-refractivity contribution is 5.90. The molecule has 0 N–H and O–H groups in total. The monoisotopic (exact) mass is 394 g/mol. The van der Waals surface area contributed by atoms with Crippen LogP contribution >= 0.6 is 0 Å². The molecule has 0 bridgehead atoms. The lowest BCUT2D eigenvalue weighted by Gasteiger charge is -2.08. The Morgan fingerprint density at radius 1 is 0.931 bits per heavy atom. The third-order valence-electron chi connectivity index (χ3n) is 4.39. The van der Waals surface area contributed by atoms with Gasteiger partial charge in [0.1, 0.15) is 6.54 Å². The van der Waals surface area contributed by atoms with E-state index in [9.17, 15) is 20.2 Å². The molecule has 7 heteroatoms. The van der Waals surface area contributed by atoms with Crippen molar-refractivity contribution in [1.29, 1.82) is 0 Å². The molecule has 2 aromatic carbocycles. The summed E-state index contributed by atoms with van der Waals surface area (Å²) in [6.07, 6.45) is 7.85. The maximum atomic E-state index is 10.9. The highest BCUT2D eigenvalue weighted by Crippen LogP contribution is 2.26. The first-order valence-corrected chi connectivity index (χ1v) is 9.36. The van der Waals surface area contributed by atoms with Gasteiger partial charge < -0.3 is 0 Å². The van der Waals surface area contributed by atoms with Crippen LogP contribution < -0.4 is 0 Å². The Bertz CT molecular complexity index is 870. The Kier molecular flexibility index (Phi) is 7.97. The molecule has 0 spiro atoms. The van der Waals surface area contributed by atoms with E-state index in [1.54, 1.807) is 24.3 Å². The van der Waals surface area contributed by atoms with Crippen molar-refractivity contribution in [3.63, 3.8) is 0 Å². The van der Waals surface area contributed by atoms with Crippen molar-refractivity contribution in [1.82, 2.24) is 0 Å². The molecule has 0 saturated carbocycles. The SMILES string of the molecule is C=CC[N+](=CC=C(c1ccc([N+](=O)[O-])cc1)c1ccc([N+](=O)[O-])cc1)CCCC. The number of rotatable bonds is 10. The van der Waals surface area contributed by atoms with Gasteiger partial charge in [-0.25, -0.2) is 4.58 Å². The third-order valence-corrected chi connectivity index (χ3v) is 4.39. The quantitative estimate of drug-likeness (QED) is 0.186. The largest absolute Gasteiger partial charge is 0.269 e. The summed E-state index contributed by atoms with van der Waals surface area (Å²) in [5, 5.41) is 21.9. The smallest absolute Gasteiger partial charge is 0.258 e. The van der Waals surface area contributed by atoms with Crippen LogP contribution in [0.5, 0.6) is 0 Å². The standard InChI is InChI=1S/C22H24N3O4/c1-3-5-16-23(15-4-2)17-14-22(18-6-10-20(11-7-18)24(26)27)19-8-12-21(13-9-19)25(28)29/h4,6-14,17H,2-3,5,15-16H2,1H3/q+1. The summed E-state index contributed by atoms with van der Waals surface area (Å²) >= 11 is 0. The number of nitro benzene ring substituents is 2. The fraction of sp³-hybridized carbons (Fsp3) is 0.227. The molecule has 0 aliphatic rings. The number of nitrogens with zero attached hydrogens (tertiary/aromatic N) is 3. The molecule has 29 heavy (non-hydrogen) atoms. The summed E-state index contributed by atoms with van der Waals surface area (Å²) in [6, 6.07) is 12.5. The molecular weight excluding hydrogens is 370 g/mol. The van der Waals surface area contributed by atoms with Gasteiger partial charge >= 0.3 is 0 Å². The van der Waals surface area contributed by atoms with Crippen LogP contribution in [0.15, 0.2) is 67.3 Å². The van der Waals surface area contributed by atoms with Crippen LogP contribution in [0.4, 0.5) is 11.4 Å². The highest BCUT2D eigenvalue weighted by Gasteiger charge is 2.12. The number of allylic oxidation sites excluding steroid dienone is 1. The third kappa shape index (κ3) is 6.21. The van der Waals surface area contributed by atoms with E-state index in [1.165, 1.54) is 24.3 Å². The summed E-state index contributed by atoms with van der Waals surface area (Å²) in [7, 11) is 0. The van der Waals surface area contributed by atoms with Crippen molar-refractivity contribution < 1.29 is 14.4 Å². The highest BCUT2D eigenvalue weighted by atomic mass is 16.6. The van der Waals surface area contributed by atoms with Gasteiger partial charge in [-0.1, -0.05) is 19.9 Å². The first kappa shape index (κ1) is 21.7. The second kappa shape index (κ2) is 10.7. The van der Waals surface area contributed by atoms with Crippen molar-refractivity contribution in [2.45, 2.75) is 19.8 Å². The van der Waals surface area contributed by atoms with Crippen molar-refractivity contribution in [2.24, 2.45) is 0 Å². The first-order valence-electron chi connectivity index (χ1n) is 9.36. The van der Waals surface area contributed by atoms with E-state index in [1.807, 2.05) is 18.4 Å². The fourth-order valence-electron chi connectivity index (χ4n) is 2.82. The second-order valence-corrected chi connectivity index (χ2v) is 6.47. The van der Waals surface area contributed by atoms with Gasteiger partial charge in [0.05, 0.1) is 9.85 Å². The molecule has 7 nitrogen and oxygen atoms in total. The van der Waals surface area contributed by atoms with Crippen molar-refractivity contribution in [3.8, 4) is 0 Å². The summed E-state index contributed by atoms with van der Waals surface area (Å²) < 4.78 is 2.13. The molecule has 0 unspecified atom stereocenters. The summed E-state index contributed by atoms with van der Waals surface area (Å²) in [6.45, 7) is 7.50. The molecule has 2 aromatic rings. The maximum Gasteiger partial charge on any atom is 0.269 e. The minimum Gasteiger partial charge on any atom is -0.258 e. The van der Waals surface area contributed by atoms with Crippen LogP contribution in [0.2, 0.25) is 0 Å². The van der Waals surface area contributed by atoms with Gasteiger partial charge in [-0.3, -0.25) is 20.2 Å². The van der Waals surface area contributed by atoms with Gasteiger partial charge in [-0.05, 0) is 47.0 Å². The molecule has 150 valence electrons. The minimum absolute atomic E-state index is 0.0111. The zero-order chi connectivity index (χ0) is 21.2. The Hall–Kier alpha value is -3.61. The molecule has 0 amide bonds.